The van der Waals surface area contributed by atoms with Gasteiger partial charge in [0.15, 0.2) is 0 Å². The minimum absolute atomic E-state index is 0.330. The minimum atomic E-state index is -0.471. The lowest BCUT2D eigenvalue weighted by Crippen LogP contribution is -2.37. The Labute approximate surface area is 117 Å². The average Bonchev–Trinajstić information content (AvgIpc) is 2.39. The number of aliphatic hydroxyl groups is 1. The van der Waals surface area contributed by atoms with Gasteiger partial charge in [0.05, 0.1) is 0 Å². The second-order valence-electron chi connectivity index (χ2n) is 5.16. The molecule has 0 unspecified atom stereocenters. The molecule has 1 atom stereocenters. The van der Waals surface area contributed by atoms with Crippen LogP contribution >= 0.6 is 0 Å². The lowest BCUT2D eigenvalue weighted by Gasteiger charge is -2.19. The summed E-state index contributed by atoms with van der Waals surface area (Å²) in [5.41, 5.74) is 2.33. The SMILES string of the molecule is CCC(CC)NC[C@@H](O)COc1ccc(C)cc1C. The summed E-state index contributed by atoms with van der Waals surface area (Å²) in [4.78, 5) is 0. The van der Waals surface area contributed by atoms with Gasteiger partial charge in [0, 0.05) is 12.6 Å². The number of aliphatic hydroxyl groups excluding tert-OH is 1. The van der Waals surface area contributed by atoms with E-state index in [0.29, 0.717) is 19.2 Å². The van der Waals surface area contributed by atoms with Crippen molar-refractivity contribution in [3.8, 4) is 5.75 Å². The van der Waals surface area contributed by atoms with E-state index in [4.69, 9.17) is 4.74 Å². The fourth-order valence-electron chi connectivity index (χ4n) is 2.09. The molecule has 0 radical (unpaired) electrons. The van der Waals surface area contributed by atoms with Crippen molar-refractivity contribution in [1.29, 1.82) is 0 Å². The summed E-state index contributed by atoms with van der Waals surface area (Å²) in [7, 11) is 0. The number of benzene rings is 1. The van der Waals surface area contributed by atoms with E-state index in [9.17, 15) is 5.11 Å². The van der Waals surface area contributed by atoms with E-state index in [2.05, 4.69) is 32.2 Å². The highest BCUT2D eigenvalue weighted by Crippen LogP contribution is 2.18. The lowest BCUT2D eigenvalue weighted by molar-refractivity contribution is 0.103. The van der Waals surface area contributed by atoms with Crippen molar-refractivity contribution in [2.75, 3.05) is 13.2 Å². The quantitative estimate of drug-likeness (QED) is 0.759. The van der Waals surface area contributed by atoms with Gasteiger partial charge >= 0.3 is 0 Å². The summed E-state index contributed by atoms with van der Waals surface area (Å²) in [6, 6.07) is 6.56. The van der Waals surface area contributed by atoms with Crippen LogP contribution in [-0.4, -0.2) is 30.4 Å². The average molecular weight is 265 g/mol. The van der Waals surface area contributed by atoms with Gasteiger partial charge in [-0.1, -0.05) is 31.5 Å². The van der Waals surface area contributed by atoms with E-state index < -0.39 is 6.10 Å². The second-order valence-corrected chi connectivity index (χ2v) is 5.16. The number of ether oxygens (including phenoxy) is 1. The Morgan fingerprint density at radius 3 is 2.47 bits per heavy atom. The smallest absolute Gasteiger partial charge is 0.122 e. The Kier molecular flexibility index (Phi) is 6.89. The summed E-state index contributed by atoms with van der Waals surface area (Å²) < 4.78 is 5.66. The third-order valence-electron chi connectivity index (χ3n) is 3.39. The summed E-state index contributed by atoms with van der Waals surface area (Å²) in [6.45, 7) is 9.30. The molecule has 3 heteroatoms. The molecule has 0 fully saturated rings. The van der Waals surface area contributed by atoms with Crippen molar-refractivity contribution in [1.82, 2.24) is 5.32 Å². The predicted octanol–water partition coefficient (Wildman–Crippen LogP) is 2.82. The Balaban J connectivity index is 2.35. The number of nitrogens with one attached hydrogen (secondary N) is 1. The molecule has 0 aliphatic carbocycles. The van der Waals surface area contributed by atoms with E-state index in [1.54, 1.807) is 0 Å². The molecular formula is C16H27NO2. The molecule has 0 saturated heterocycles. The van der Waals surface area contributed by atoms with Gasteiger partial charge in [0.2, 0.25) is 0 Å². The summed E-state index contributed by atoms with van der Waals surface area (Å²) in [5, 5.41) is 13.3. The molecule has 0 aliphatic heterocycles. The first-order valence-electron chi connectivity index (χ1n) is 7.18. The highest BCUT2D eigenvalue weighted by atomic mass is 16.5. The largest absolute Gasteiger partial charge is 0.491 e. The maximum absolute atomic E-state index is 9.91. The maximum atomic E-state index is 9.91. The van der Waals surface area contributed by atoms with Crippen molar-refractivity contribution < 1.29 is 9.84 Å². The molecule has 0 aliphatic rings. The van der Waals surface area contributed by atoms with Gasteiger partial charge in [0.25, 0.3) is 0 Å². The standard InChI is InChI=1S/C16H27NO2/c1-5-14(6-2)17-10-15(18)11-19-16-8-7-12(3)9-13(16)4/h7-9,14-15,17-18H,5-6,10-11H2,1-4H3/t15-/m1/s1. The Bertz CT molecular complexity index is 375. The topological polar surface area (TPSA) is 41.5 Å². The number of hydrogen-bond donors (Lipinski definition) is 2. The van der Waals surface area contributed by atoms with Crippen LogP contribution in [0.1, 0.15) is 37.8 Å². The number of hydrogen-bond acceptors (Lipinski definition) is 3. The van der Waals surface area contributed by atoms with Crippen LogP contribution in [0.4, 0.5) is 0 Å². The van der Waals surface area contributed by atoms with Gasteiger partial charge in [-0.25, -0.2) is 0 Å². The Hall–Kier alpha value is -1.06. The monoisotopic (exact) mass is 265 g/mol. The van der Waals surface area contributed by atoms with Gasteiger partial charge in [-0.3, -0.25) is 0 Å². The highest BCUT2D eigenvalue weighted by Gasteiger charge is 2.09. The zero-order valence-corrected chi connectivity index (χ0v) is 12.6. The second kappa shape index (κ2) is 8.18. The summed E-state index contributed by atoms with van der Waals surface area (Å²) in [5.74, 6) is 0.854. The first-order chi connectivity index (χ1) is 9.06. The molecule has 0 bridgehead atoms. The van der Waals surface area contributed by atoms with E-state index in [-0.39, 0.29) is 0 Å². The van der Waals surface area contributed by atoms with Crippen molar-refractivity contribution in [3.05, 3.63) is 29.3 Å². The van der Waals surface area contributed by atoms with Gasteiger partial charge in [0.1, 0.15) is 18.5 Å². The van der Waals surface area contributed by atoms with Crippen LogP contribution < -0.4 is 10.1 Å². The fourth-order valence-corrected chi connectivity index (χ4v) is 2.09. The predicted molar refractivity (Wildman–Crippen MR) is 79.8 cm³/mol. The Morgan fingerprint density at radius 1 is 1.21 bits per heavy atom. The highest BCUT2D eigenvalue weighted by molar-refractivity contribution is 5.35. The van der Waals surface area contributed by atoms with Crippen LogP contribution in [0.2, 0.25) is 0 Å². The molecule has 0 amide bonds. The molecule has 0 spiro atoms. The van der Waals surface area contributed by atoms with E-state index >= 15 is 0 Å². The van der Waals surface area contributed by atoms with E-state index in [1.165, 1.54) is 5.56 Å². The van der Waals surface area contributed by atoms with Crippen LogP contribution in [0.3, 0.4) is 0 Å². The van der Waals surface area contributed by atoms with Crippen molar-refractivity contribution in [2.45, 2.75) is 52.7 Å². The third-order valence-corrected chi connectivity index (χ3v) is 3.39. The molecule has 0 saturated carbocycles. The molecule has 3 nitrogen and oxygen atoms in total. The van der Waals surface area contributed by atoms with Crippen LogP contribution in [0.25, 0.3) is 0 Å². The third kappa shape index (κ3) is 5.62. The molecular weight excluding hydrogens is 238 g/mol. The zero-order valence-electron chi connectivity index (χ0n) is 12.6. The van der Waals surface area contributed by atoms with E-state index in [0.717, 1.165) is 24.2 Å². The molecule has 0 heterocycles. The number of rotatable bonds is 8. The fraction of sp³-hybridized carbons (Fsp3) is 0.625. The first-order valence-corrected chi connectivity index (χ1v) is 7.18. The Morgan fingerprint density at radius 2 is 1.89 bits per heavy atom. The van der Waals surface area contributed by atoms with Gasteiger partial charge < -0.3 is 15.2 Å². The molecule has 2 N–H and O–H groups in total. The molecule has 1 rings (SSSR count). The number of aryl methyl sites for hydroxylation is 2. The molecule has 19 heavy (non-hydrogen) atoms. The van der Waals surface area contributed by atoms with Gasteiger partial charge in [-0.15, -0.1) is 0 Å². The first kappa shape index (κ1) is 16.0. The van der Waals surface area contributed by atoms with Crippen molar-refractivity contribution in [3.63, 3.8) is 0 Å². The van der Waals surface area contributed by atoms with Crippen LogP contribution in [0.5, 0.6) is 5.75 Å². The van der Waals surface area contributed by atoms with Crippen LogP contribution in [0, 0.1) is 13.8 Å². The van der Waals surface area contributed by atoms with Crippen molar-refractivity contribution >= 4 is 0 Å². The minimum Gasteiger partial charge on any atom is -0.491 e. The normalized spacial score (nSPS) is 12.7. The van der Waals surface area contributed by atoms with E-state index in [1.807, 2.05) is 19.1 Å². The van der Waals surface area contributed by atoms with Crippen LogP contribution in [0.15, 0.2) is 18.2 Å². The molecule has 1 aromatic rings. The van der Waals surface area contributed by atoms with Gasteiger partial charge in [-0.2, -0.15) is 0 Å². The maximum Gasteiger partial charge on any atom is 0.122 e. The summed E-state index contributed by atoms with van der Waals surface area (Å²) in [6.07, 6.45) is 1.70. The molecule has 1 aromatic carbocycles. The van der Waals surface area contributed by atoms with Crippen molar-refractivity contribution in [2.24, 2.45) is 0 Å². The van der Waals surface area contributed by atoms with Crippen LogP contribution in [-0.2, 0) is 0 Å². The summed E-state index contributed by atoms with van der Waals surface area (Å²) >= 11 is 0. The molecule has 108 valence electrons. The molecule has 0 aromatic heterocycles. The zero-order chi connectivity index (χ0) is 14.3. The van der Waals surface area contributed by atoms with Gasteiger partial charge in [-0.05, 0) is 38.3 Å². The lowest BCUT2D eigenvalue weighted by atomic mass is 10.1.